The first-order valence-corrected chi connectivity index (χ1v) is 7.59. The van der Waals surface area contributed by atoms with Crippen molar-refractivity contribution in [2.75, 3.05) is 0 Å². The van der Waals surface area contributed by atoms with Crippen molar-refractivity contribution in [1.82, 2.24) is 0 Å². The van der Waals surface area contributed by atoms with Gasteiger partial charge in [-0.25, -0.2) is 4.39 Å². The van der Waals surface area contributed by atoms with Crippen LogP contribution in [0.5, 0.6) is 0 Å². The number of aryl methyl sites for hydroxylation is 3. The Kier molecular flexibility index (Phi) is 3.38. The number of carbonyl (C=O) groups is 1. The van der Waals surface area contributed by atoms with Crippen LogP contribution in [0.3, 0.4) is 0 Å². The third kappa shape index (κ3) is 2.49. The highest BCUT2D eigenvalue weighted by Crippen LogP contribution is 2.29. The maximum absolute atomic E-state index is 13.3. The van der Waals surface area contributed by atoms with E-state index in [0.717, 1.165) is 26.8 Å². The number of carbonyl (C=O) groups excluding carboxylic acids is 1. The summed E-state index contributed by atoms with van der Waals surface area (Å²) >= 11 is 1.34. The molecule has 0 saturated carbocycles. The molecule has 3 aromatic rings. The zero-order valence-electron chi connectivity index (χ0n) is 12.2. The summed E-state index contributed by atoms with van der Waals surface area (Å²) in [6, 6.07) is 10.4. The summed E-state index contributed by atoms with van der Waals surface area (Å²) < 4.78 is 14.1. The first kappa shape index (κ1) is 14.0. The molecule has 0 unspecified atom stereocenters. The van der Waals surface area contributed by atoms with E-state index in [1.165, 1.54) is 29.0 Å². The lowest BCUT2D eigenvalue weighted by Gasteiger charge is -2.07. The Hall–Kier alpha value is -2.00. The maximum atomic E-state index is 13.3. The topological polar surface area (TPSA) is 17.1 Å². The van der Waals surface area contributed by atoms with Gasteiger partial charge in [0.25, 0.3) is 0 Å². The molecule has 1 aromatic heterocycles. The highest BCUT2D eigenvalue weighted by atomic mass is 32.1. The second-order valence-corrected chi connectivity index (χ2v) is 6.46. The second-order valence-electron chi connectivity index (χ2n) is 5.37. The summed E-state index contributed by atoms with van der Waals surface area (Å²) in [4.78, 5) is 13.4. The molecule has 0 amide bonds. The third-order valence-corrected chi connectivity index (χ3v) is 4.89. The van der Waals surface area contributed by atoms with Crippen LogP contribution in [0.4, 0.5) is 4.39 Å². The fourth-order valence-electron chi connectivity index (χ4n) is 2.45. The van der Waals surface area contributed by atoms with E-state index in [9.17, 15) is 9.18 Å². The smallest absolute Gasteiger partial charge is 0.203 e. The lowest BCUT2D eigenvalue weighted by Crippen LogP contribution is -2.03. The van der Waals surface area contributed by atoms with Crippen LogP contribution in [0.15, 0.2) is 36.4 Å². The van der Waals surface area contributed by atoms with Gasteiger partial charge in [-0.15, -0.1) is 11.3 Å². The molecule has 1 nitrogen and oxygen atoms in total. The van der Waals surface area contributed by atoms with Gasteiger partial charge in [-0.3, -0.25) is 4.79 Å². The molecular weight excluding hydrogens is 283 g/mol. The van der Waals surface area contributed by atoms with Crippen LogP contribution in [-0.2, 0) is 0 Å². The van der Waals surface area contributed by atoms with Crippen LogP contribution in [0.25, 0.3) is 10.1 Å². The highest BCUT2D eigenvalue weighted by Gasteiger charge is 2.16. The molecule has 1 heterocycles. The maximum Gasteiger partial charge on any atom is 0.203 e. The van der Waals surface area contributed by atoms with Crippen LogP contribution in [0.1, 0.15) is 31.9 Å². The van der Waals surface area contributed by atoms with Gasteiger partial charge in [0.1, 0.15) is 5.82 Å². The van der Waals surface area contributed by atoms with Gasteiger partial charge in [-0.2, -0.15) is 0 Å². The molecule has 0 aliphatic carbocycles. The standard InChI is InChI=1S/C18H15FOS/c1-10-6-12(3)15(7-11(10)2)18(20)17-8-13-4-5-14(19)9-16(13)21-17/h4-9H,1-3H3. The molecule has 0 atom stereocenters. The molecule has 106 valence electrons. The van der Waals surface area contributed by atoms with Gasteiger partial charge in [0, 0.05) is 10.3 Å². The number of hydrogen-bond acceptors (Lipinski definition) is 2. The van der Waals surface area contributed by atoms with E-state index in [0.29, 0.717) is 4.88 Å². The van der Waals surface area contributed by atoms with E-state index >= 15 is 0 Å². The average Bonchev–Trinajstić information content (AvgIpc) is 2.85. The van der Waals surface area contributed by atoms with Crippen LogP contribution < -0.4 is 0 Å². The Morgan fingerprint density at radius 2 is 1.67 bits per heavy atom. The summed E-state index contributed by atoms with van der Waals surface area (Å²) in [5, 5.41) is 0.909. The number of benzene rings is 2. The highest BCUT2D eigenvalue weighted by molar-refractivity contribution is 7.21. The number of ketones is 1. The minimum atomic E-state index is -0.272. The van der Waals surface area contributed by atoms with Crippen molar-refractivity contribution in [2.45, 2.75) is 20.8 Å². The summed E-state index contributed by atoms with van der Waals surface area (Å²) in [6.07, 6.45) is 0. The molecule has 2 aromatic carbocycles. The molecule has 0 saturated heterocycles. The van der Waals surface area contributed by atoms with Crippen molar-refractivity contribution in [2.24, 2.45) is 0 Å². The Labute approximate surface area is 127 Å². The van der Waals surface area contributed by atoms with E-state index in [1.54, 1.807) is 6.07 Å². The molecule has 0 radical (unpaired) electrons. The Balaban J connectivity index is 2.10. The van der Waals surface area contributed by atoms with Crippen LogP contribution >= 0.6 is 11.3 Å². The van der Waals surface area contributed by atoms with Gasteiger partial charge in [0.2, 0.25) is 5.78 Å². The Bertz CT molecular complexity index is 861. The van der Waals surface area contributed by atoms with Crippen molar-refractivity contribution in [1.29, 1.82) is 0 Å². The molecule has 0 bridgehead atoms. The first-order valence-electron chi connectivity index (χ1n) is 6.77. The molecule has 3 rings (SSSR count). The molecule has 0 fully saturated rings. The predicted octanol–water partition coefficient (Wildman–Crippen LogP) is 5.20. The molecular formula is C18H15FOS. The van der Waals surface area contributed by atoms with Crippen molar-refractivity contribution in [3.8, 4) is 0 Å². The van der Waals surface area contributed by atoms with Gasteiger partial charge in [-0.1, -0.05) is 12.1 Å². The molecule has 0 aliphatic rings. The summed E-state index contributed by atoms with van der Waals surface area (Å²) in [5.41, 5.74) is 4.00. The van der Waals surface area contributed by atoms with E-state index in [4.69, 9.17) is 0 Å². The lowest BCUT2D eigenvalue weighted by atomic mass is 9.97. The van der Waals surface area contributed by atoms with Crippen LogP contribution in [-0.4, -0.2) is 5.78 Å². The van der Waals surface area contributed by atoms with Crippen LogP contribution in [0.2, 0.25) is 0 Å². The zero-order chi connectivity index (χ0) is 15.1. The summed E-state index contributed by atoms with van der Waals surface area (Å²) in [5.74, 6) is -0.261. The van der Waals surface area contributed by atoms with Gasteiger partial charge in [-0.05, 0) is 67.1 Å². The van der Waals surface area contributed by atoms with Gasteiger partial charge >= 0.3 is 0 Å². The minimum Gasteiger partial charge on any atom is -0.288 e. The van der Waals surface area contributed by atoms with E-state index in [2.05, 4.69) is 0 Å². The zero-order valence-corrected chi connectivity index (χ0v) is 13.0. The van der Waals surface area contributed by atoms with Crippen molar-refractivity contribution in [3.63, 3.8) is 0 Å². The second kappa shape index (κ2) is 5.08. The Morgan fingerprint density at radius 1 is 0.952 bits per heavy atom. The molecule has 0 N–H and O–H groups in total. The summed E-state index contributed by atoms with van der Waals surface area (Å²) in [6.45, 7) is 6.00. The number of halogens is 1. The third-order valence-electron chi connectivity index (χ3n) is 3.79. The number of hydrogen-bond donors (Lipinski definition) is 0. The lowest BCUT2D eigenvalue weighted by molar-refractivity contribution is 0.104. The minimum absolute atomic E-state index is 0.0113. The molecule has 0 aliphatic heterocycles. The summed E-state index contributed by atoms with van der Waals surface area (Å²) in [7, 11) is 0. The van der Waals surface area contributed by atoms with Crippen LogP contribution in [0, 0.1) is 26.6 Å². The molecule has 21 heavy (non-hydrogen) atoms. The van der Waals surface area contributed by atoms with Gasteiger partial charge < -0.3 is 0 Å². The first-order chi connectivity index (χ1) is 9.95. The molecule has 3 heteroatoms. The fourth-order valence-corrected chi connectivity index (χ4v) is 3.50. The van der Waals surface area contributed by atoms with E-state index < -0.39 is 0 Å². The predicted molar refractivity (Wildman–Crippen MR) is 85.9 cm³/mol. The van der Waals surface area contributed by atoms with Crippen molar-refractivity contribution in [3.05, 3.63) is 69.3 Å². The van der Waals surface area contributed by atoms with Gasteiger partial charge in [0.05, 0.1) is 4.88 Å². The number of rotatable bonds is 2. The Morgan fingerprint density at radius 3 is 2.43 bits per heavy atom. The van der Waals surface area contributed by atoms with Crippen molar-refractivity contribution < 1.29 is 9.18 Å². The normalized spacial score (nSPS) is 11.0. The quantitative estimate of drug-likeness (QED) is 0.594. The largest absolute Gasteiger partial charge is 0.288 e. The fraction of sp³-hybridized carbons (Fsp3) is 0.167. The number of fused-ring (bicyclic) bond motifs is 1. The van der Waals surface area contributed by atoms with Crippen molar-refractivity contribution >= 4 is 27.2 Å². The molecule has 0 spiro atoms. The van der Waals surface area contributed by atoms with Gasteiger partial charge in [0.15, 0.2) is 0 Å². The van der Waals surface area contributed by atoms with E-state index in [1.807, 2.05) is 39.0 Å². The monoisotopic (exact) mass is 298 g/mol. The average molecular weight is 298 g/mol. The SMILES string of the molecule is Cc1cc(C)c(C(=O)c2cc3ccc(F)cc3s2)cc1C. The van der Waals surface area contributed by atoms with E-state index in [-0.39, 0.29) is 11.6 Å². The number of thiophene rings is 1.